The number of hydrogen-bond donors (Lipinski definition) is 4. The molecule has 3 aliphatic rings. The van der Waals surface area contributed by atoms with Crippen molar-refractivity contribution in [2.75, 3.05) is 36.0 Å². The van der Waals surface area contributed by atoms with Crippen LogP contribution in [0.3, 0.4) is 0 Å². The molecule has 2 atom stereocenters. The fraction of sp³-hybridized carbons (Fsp3) is 0.426. The fourth-order valence-corrected chi connectivity index (χ4v) is 9.14. The van der Waals surface area contributed by atoms with E-state index in [1.807, 2.05) is 48.7 Å². The van der Waals surface area contributed by atoms with E-state index in [0.717, 1.165) is 79.2 Å². The number of amides is 4. The van der Waals surface area contributed by atoms with E-state index in [1.54, 1.807) is 35.5 Å². The number of hydrogen-bond acceptors (Lipinski definition) is 10. The molecule has 0 saturated carbocycles. The van der Waals surface area contributed by atoms with E-state index >= 15 is 0 Å². The van der Waals surface area contributed by atoms with Crippen molar-refractivity contribution in [1.82, 2.24) is 34.5 Å². The Hall–Kier alpha value is -6.15. The van der Waals surface area contributed by atoms with Gasteiger partial charge in [0.25, 0.3) is 11.8 Å². The third-order valence-electron chi connectivity index (χ3n) is 12.4. The topological polar surface area (TPSA) is 180 Å². The average molecular weight is 825 g/mol. The fourth-order valence-electron chi connectivity index (χ4n) is 9.14. The van der Waals surface area contributed by atoms with Gasteiger partial charge in [-0.25, -0.2) is 15.0 Å². The van der Waals surface area contributed by atoms with Gasteiger partial charge in [-0.2, -0.15) is 0 Å². The Kier molecular flexibility index (Phi) is 13.3. The molecule has 6 heterocycles. The highest BCUT2D eigenvalue weighted by molar-refractivity contribution is 6.06. The lowest BCUT2D eigenvalue weighted by Crippen LogP contribution is -2.52. The molecule has 61 heavy (non-hydrogen) atoms. The van der Waals surface area contributed by atoms with E-state index in [1.165, 1.54) is 51.4 Å². The number of rotatable bonds is 19. The number of imide groups is 1. The number of pyridine rings is 1. The van der Waals surface area contributed by atoms with Crippen molar-refractivity contribution in [3.05, 3.63) is 102 Å². The zero-order valence-electron chi connectivity index (χ0n) is 34.8. The molecule has 2 aromatic carbocycles. The summed E-state index contributed by atoms with van der Waals surface area (Å²) >= 11 is 0. The number of nitrogen functional groups attached to an aromatic ring is 1. The number of carbonyl (C=O) groups excluding carboxylic acids is 4. The number of aromatic nitrogens is 4. The highest BCUT2D eigenvalue weighted by Gasteiger charge is 2.40. The third kappa shape index (κ3) is 9.59. The van der Waals surface area contributed by atoms with E-state index < -0.39 is 6.04 Å². The largest absolute Gasteiger partial charge is 0.385 e. The summed E-state index contributed by atoms with van der Waals surface area (Å²) < 4.78 is 2.11. The molecule has 5 N–H and O–H groups in total. The van der Waals surface area contributed by atoms with Gasteiger partial charge >= 0.3 is 0 Å². The monoisotopic (exact) mass is 824 g/mol. The lowest BCUT2D eigenvalue weighted by Gasteiger charge is -2.29. The molecule has 2 fully saturated rings. The number of anilines is 3. The molecule has 1 unspecified atom stereocenters. The molecule has 0 spiro atoms. The van der Waals surface area contributed by atoms with Crippen molar-refractivity contribution in [2.45, 2.75) is 109 Å². The van der Waals surface area contributed by atoms with Crippen LogP contribution in [0.5, 0.6) is 0 Å². The van der Waals surface area contributed by atoms with E-state index in [9.17, 15) is 19.2 Å². The first-order chi connectivity index (χ1) is 29.9. The lowest BCUT2D eigenvalue weighted by atomic mass is 10.0. The van der Waals surface area contributed by atoms with Crippen molar-refractivity contribution in [1.29, 1.82) is 0 Å². The SMILES string of the molecule is Nc1nccn2c([C@@H]3CCCN3CCCCCCCCCCCCNc3cccc4c3CN(C3CCC(=O)NC3=O)C4=O)nc(-c3ccc(C(=O)Nc4ccccn4)cc3)c12. The van der Waals surface area contributed by atoms with Gasteiger partial charge in [0.15, 0.2) is 0 Å². The number of unbranched alkanes of at least 4 members (excludes halogenated alkanes) is 9. The molecule has 3 aromatic heterocycles. The van der Waals surface area contributed by atoms with Gasteiger partial charge < -0.3 is 21.3 Å². The Bertz CT molecular complexity index is 2350. The maximum absolute atomic E-state index is 13.1. The van der Waals surface area contributed by atoms with Crippen LogP contribution in [-0.4, -0.2) is 78.5 Å². The quantitative estimate of drug-likeness (QED) is 0.0480. The maximum Gasteiger partial charge on any atom is 0.256 e. The summed E-state index contributed by atoms with van der Waals surface area (Å²) in [5.41, 5.74) is 12.0. The third-order valence-corrected chi connectivity index (χ3v) is 12.4. The van der Waals surface area contributed by atoms with E-state index in [-0.39, 0.29) is 36.1 Å². The number of nitrogens with zero attached hydrogens (tertiary/aromatic N) is 6. The zero-order valence-corrected chi connectivity index (χ0v) is 34.8. The van der Waals surface area contributed by atoms with Gasteiger partial charge in [-0.1, -0.05) is 75.6 Å². The second kappa shape index (κ2) is 19.5. The van der Waals surface area contributed by atoms with Crippen LogP contribution in [0, 0.1) is 0 Å². The summed E-state index contributed by atoms with van der Waals surface area (Å²) in [6, 6.07) is 18.2. The first-order valence-corrected chi connectivity index (χ1v) is 22.1. The minimum Gasteiger partial charge on any atom is -0.385 e. The zero-order chi connectivity index (χ0) is 42.1. The Morgan fingerprint density at radius 1 is 0.820 bits per heavy atom. The second-order valence-electron chi connectivity index (χ2n) is 16.5. The van der Waals surface area contributed by atoms with Crippen LogP contribution in [0.2, 0.25) is 0 Å². The first-order valence-electron chi connectivity index (χ1n) is 22.1. The average Bonchev–Trinajstić information content (AvgIpc) is 3.99. The number of carbonyl (C=O) groups is 4. The standard InChI is InChI=1S/C47H56N10O4/c48-43-42-41(32-19-21-33(22-20-32)45(59)52-39-18-9-11-26-50-39)54-44(56(42)30-27-51-43)37-17-14-29-55(37)28-12-8-6-4-2-1-3-5-7-10-25-49-36-16-13-15-34-35(36)31-57(47(34)61)38-23-24-40(58)53-46(38)60/h9,11,13,15-16,18-22,26-27,30,37-38,49H,1-8,10,12,14,17,23-25,28-29,31H2,(H2,48,51)(H,50,52,59)(H,53,58,60)/t37-,38?/m0/s1. The van der Waals surface area contributed by atoms with Crippen LogP contribution in [0.1, 0.15) is 128 Å². The van der Waals surface area contributed by atoms with Gasteiger partial charge in [-0.05, 0) is 81.6 Å². The second-order valence-corrected chi connectivity index (χ2v) is 16.5. The Morgan fingerprint density at radius 2 is 1.59 bits per heavy atom. The summed E-state index contributed by atoms with van der Waals surface area (Å²) in [4.78, 5) is 68.0. The maximum atomic E-state index is 13.1. The molecule has 14 nitrogen and oxygen atoms in total. The molecule has 8 rings (SSSR count). The van der Waals surface area contributed by atoms with Gasteiger partial charge in [0, 0.05) is 66.0 Å². The van der Waals surface area contributed by atoms with Crippen molar-refractivity contribution < 1.29 is 19.2 Å². The van der Waals surface area contributed by atoms with E-state index in [2.05, 4.69) is 35.2 Å². The van der Waals surface area contributed by atoms with Crippen molar-refractivity contribution in [3.63, 3.8) is 0 Å². The number of nitrogens with one attached hydrogen (secondary N) is 3. The minimum atomic E-state index is -0.599. The number of benzene rings is 2. The number of piperidine rings is 1. The number of fused-ring (bicyclic) bond motifs is 2. The summed E-state index contributed by atoms with van der Waals surface area (Å²) in [6.07, 6.45) is 20.3. The summed E-state index contributed by atoms with van der Waals surface area (Å²) in [5, 5.41) is 8.75. The molecule has 4 amide bonds. The highest BCUT2D eigenvalue weighted by atomic mass is 16.2. The predicted molar refractivity (Wildman–Crippen MR) is 236 cm³/mol. The normalized spacial score (nSPS) is 17.8. The number of nitrogens with two attached hydrogens (primary N) is 1. The minimum absolute atomic E-state index is 0.140. The molecule has 3 aliphatic heterocycles. The molecule has 2 saturated heterocycles. The molecule has 5 aromatic rings. The van der Waals surface area contributed by atoms with Crippen LogP contribution in [-0.2, 0) is 16.1 Å². The van der Waals surface area contributed by atoms with Crippen LogP contribution in [0.4, 0.5) is 17.3 Å². The van der Waals surface area contributed by atoms with Gasteiger partial charge in [0.1, 0.15) is 34.7 Å². The van der Waals surface area contributed by atoms with Crippen LogP contribution < -0.4 is 21.7 Å². The molecule has 0 radical (unpaired) electrons. The summed E-state index contributed by atoms with van der Waals surface area (Å²) in [7, 11) is 0. The molecule has 0 bridgehead atoms. The molecule has 14 heteroatoms. The van der Waals surface area contributed by atoms with E-state index in [0.29, 0.717) is 35.7 Å². The Morgan fingerprint density at radius 3 is 2.34 bits per heavy atom. The summed E-state index contributed by atoms with van der Waals surface area (Å²) in [5.74, 6) is 0.905. The van der Waals surface area contributed by atoms with Crippen LogP contribution >= 0.6 is 0 Å². The van der Waals surface area contributed by atoms with Gasteiger partial charge in [0.05, 0.1) is 6.04 Å². The Labute approximate surface area is 356 Å². The van der Waals surface area contributed by atoms with Crippen molar-refractivity contribution in [3.8, 4) is 11.3 Å². The smallest absolute Gasteiger partial charge is 0.256 e. The number of likely N-dealkylation sites (tertiary alicyclic amines) is 1. The van der Waals surface area contributed by atoms with Gasteiger partial charge in [0.2, 0.25) is 11.8 Å². The highest BCUT2D eigenvalue weighted by Crippen LogP contribution is 2.37. The van der Waals surface area contributed by atoms with Crippen molar-refractivity contribution in [2.24, 2.45) is 0 Å². The van der Waals surface area contributed by atoms with Gasteiger partial charge in [-0.3, -0.25) is 33.8 Å². The molecule has 0 aliphatic carbocycles. The Balaban J connectivity index is 0.730. The first kappa shape index (κ1) is 41.6. The van der Waals surface area contributed by atoms with E-state index in [4.69, 9.17) is 10.7 Å². The van der Waals surface area contributed by atoms with Crippen molar-refractivity contribution >= 4 is 46.5 Å². The number of imidazole rings is 1. The summed E-state index contributed by atoms with van der Waals surface area (Å²) in [6.45, 7) is 3.33. The lowest BCUT2D eigenvalue weighted by molar-refractivity contribution is -0.136. The predicted octanol–water partition coefficient (Wildman–Crippen LogP) is 7.54. The molecular formula is C47H56N10O4. The van der Waals surface area contributed by atoms with Gasteiger partial charge in [-0.15, -0.1) is 0 Å². The van der Waals surface area contributed by atoms with Crippen LogP contribution in [0.25, 0.3) is 16.8 Å². The van der Waals surface area contributed by atoms with Crippen LogP contribution in [0.15, 0.2) is 79.3 Å². The molecular weight excluding hydrogens is 769 g/mol. The molecule has 318 valence electrons.